The molecule has 19 heavy (non-hydrogen) atoms. The summed E-state index contributed by atoms with van der Waals surface area (Å²) in [5, 5.41) is 3.36. The Labute approximate surface area is 111 Å². The first-order valence-corrected chi connectivity index (χ1v) is 6.60. The van der Waals surface area contributed by atoms with Crippen LogP contribution in [-0.2, 0) is 0 Å². The zero-order valence-corrected chi connectivity index (χ0v) is 11.2. The minimum absolute atomic E-state index is 0.420. The predicted molar refractivity (Wildman–Crippen MR) is 69.8 cm³/mol. The second kappa shape index (κ2) is 5.82. The molecule has 106 valence electrons. The highest BCUT2D eigenvalue weighted by molar-refractivity contribution is 5.48. The number of benzene rings is 1. The number of hydrogen-bond donors (Lipinski definition) is 1. The van der Waals surface area contributed by atoms with Crippen LogP contribution in [0.3, 0.4) is 0 Å². The summed E-state index contributed by atoms with van der Waals surface area (Å²) in [6.45, 7) is 6.54. The van der Waals surface area contributed by atoms with Crippen molar-refractivity contribution in [3.63, 3.8) is 0 Å². The van der Waals surface area contributed by atoms with Crippen LogP contribution in [0.15, 0.2) is 12.1 Å². The van der Waals surface area contributed by atoms with E-state index in [9.17, 15) is 13.2 Å². The Morgan fingerprint density at radius 2 is 1.89 bits per heavy atom. The van der Waals surface area contributed by atoms with Gasteiger partial charge in [0.1, 0.15) is 0 Å². The predicted octanol–water partition coefficient (Wildman–Crippen LogP) is 2.93. The van der Waals surface area contributed by atoms with E-state index in [-0.39, 0.29) is 0 Å². The summed E-state index contributed by atoms with van der Waals surface area (Å²) in [5.74, 6) is -3.20. The van der Waals surface area contributed by atoms with Crippen molar-refractivity contribution in [2.24, 2.45) is 5.92 Å². The Bertz CT molecular complexity index is 425. The number of halogens is 3. The molecule has 1 N–H and O–H groups in total. The van der Waals surface area contributed by atoms with Crippen LogP contribution in [0.5, 0.6) is 0 Å². The minimum atomic E-state index is -1.40. The van der Waals surface area contributed by atoms with E-state index in [0.717, 1.165) is 38.2 Å². The van der Waals surface area contributed by atoms with Gasteiger partial charge in [-0.3, -0.25) is 0 Å². The Balaban J connectivity index is 2.01. The number of hydrogen-bond acceptors (Lipinski definition) is 2. The summed E-state index contributed by atoms with van der Waals surface area (Å²) in [7, 11) is 0. The van der Waals surface area contributed by atoms with Gasteiger partial charge in [-0.15, -0.1) is 0 Å². The Morgan fingerprint density at radius 1 is 1.26 bits per heavy atom. The fourth-order valence-electron chi connectivity index (χ4n) is 2.36. The molecule has 1 aromatic carbocycles. The second-order valence-corrected chi connectivity index (χ2v) is 5.39. The van der Waals surface area contributed by atoms with Crippen LogP contribution in [0, 0.1) is 23.4 Å². The van der Waals surface area contributed by atoms with Crippen LogP contribution >= 0.6 is 0 Å². The number of anilines is 1. The molecule has 1 heterocycles. The summed E-state index contributed by atoms with van der Waals surface area (Å²) >= 11 is 0. The Morgan fingerprint density at radius 3 is 2.47 bits per heavy atom. The third-order valence-corrected chi connectivity index (χ3v) is 3.43. The van der Waals surface area contributed by atoms with Crippen molar-refractivity contribution < 1.29 is 13.2 Å². The lowest BCUT2D eigenvalue weighted by Gasteiger charge is -2.19. The van der Waals surface area contributed by atoms with Gasteiger partial charge in [0.2, 0.25) is 0 Å². The van der Waals surface area contributed by atoms with Crippen molar-refractivity contribution in [1.82, 2.24) is 5.32 Å². The normalized spacial score (nSPS) is 19.5. The summed E-state index contributed by atoms with van der Waals surface area (Å²) in [6, 6.07) is 2.56. The summed E-state index contributed by atoms with van der Waals surface area (Å²) in [5.41, 5.74) is 0.420. The van der Waals surface area contributed by atoms with Gasteiger partial charge in [0.05, 0.1) is 0 Å². The van der Waals surface area contributed by atoms with Crippen LogP contribution in [0.25, 0.3) is 0 Å². The van der Waals surface area contributed by atoms with Crippen molar-refractivity contribution in [1.29, 1.82) is 0 Å². The van der Waals surface area contributed by atoms with E-state index in [1.54, 1.807) is 0 Å². The average Bonchev–Trinajstić information content (AvgIpc) is 2.81. The van der Waals surface area contributed by atoms with Crippen molar-refractivity contribution in [3.8, 4) is 0 Å². The molecular weight excluding hydrogens is 253 g/mol. The van der Waals surface area contributed by atoms with Crippen molar-refractivity contribution in [3.05, 3.63) is 29.6 Å². The number of rotatable bonds is 4. The van der Waals surface area contributed by atoms with Gasteiger partial charge in [-0.2, -0.15) is 0 Å². The van der Waals surface area contributed by atoms with Crippen LogP contribution < -0.4 is 10.2 Å². The smallest absolute Gasteiger partial charge is 0.194 e. The first-order valence-electron chi connectivity index (χ1n) is 6.60. The maximum absolute atomic E-state index is 13.2. The van der Waals surface area contributed by atoms with E-state index in [2.05, 4.69) is 19.2 Å². The molecule has 1 saturated heterocycles. The van der Waals surface area contributed by atoms with Crippen molar-refractivity contribution in [2.45, 2.75) is 26.3 Å². The largest absolute Gasteiger partial charge is 0.371 e. The molecule has 2 rings (SSSR count). The quantitative estimate of drug-likeness (QED) is 0.848. The lowest BCUT2D eigenvalue weighted by molar-refractivity contribution is 0.447. The summed E-state index contributed by atoms with van der Waals surface area (Å²) in [4.78, 5) is 1.90. The highest BCUT2D eigenvalue weighted by Gasteiger charge is 2.24. The lowest BCUT2D eigenvalue weighted by Crippen LogP contribution is -2.30. The van der Waals surface area contributed by atoms with Crippen molar-refractivity contribution >= 4 is 5.69 Å². The minimum Gasteiger partial charge on any atom is -0.371 e. The molecule has 1 aliphatic heterocycles. The number of nitrogens with zero attached hydrogens (tertiary/aromatic N) is 1. The van der Waals surface area contributed by atoms with Crippen LogP contribution in [0.2, 0.25) is 0 Å². The molecule has 0 saturated carbocycles. The van der Waals surface area contributed by atoms with Gasteiger partial charge in [0.15, 0.2) is 17.5 Å². The fraction of sp³-hybridized carbons (Fsp3) is 0.571. The number of nitrogens with one attached hydrogen (secondary N) is 1. The maximum Gasteiger partial charge on any atom is 0.194 e. The van der Waals surface area contributed by atoms with E-state index in [0.29, 0.717) is 17.6 Å². The zero-order valence-electron chi connectivity index (χ0n) is 11.2. The first kappa shape index (κ1) is 14.2. The fourth-order valence-corrected chi connectivity index (χ4v) is 2.36. The standard InChI is InChI=1S/C14H19F3N2/c1-9(2)18-7-10-3-4-19(8-10)11-5-12(15)14(17)13(16)6-11/h5-6,9-10,18H,3-4,7-8H2,1-2H3. The molecule has 0 bridgehead atoms. The SMILES string of the molecule is CC(C)NCC1CCN(c2cc(F)c(F)c(F)c2)C1. The molecule has 1 atom stereocenters. The molecule has 1 fully saturated rings. The average molecular weight is 272 g/mol. The van der Waals surface area contributed by atoms with Gasteiger partial charge in [-0.1, -0.05) is 13.8 Å². The van der Waals surface area contributed by atoms with Crippen LogP contribution in [0.1, 0.15) is 20.3 Å². The van der Waals surface area contributed by atoms with E-state index in [4.69, 9.17) is 0 Å². The molecule has 0 spiro atoms. The molecule has 2 nitrogen and oxygen atoms in total. The van der Waals surface area contributed by atoms with E-state index in [1.807, 2.05) is 4.90 Å². The monoisotopic (exact) mass is 272 g/mol. The Kier molecular flexibility index (Phi) is 4.34. The molecule has 1 aromatic rings. The highest BCUT2D eigenvalue weighted by atomic mass is 19.2. The lowest BCUT2D eigenvalue weighted by atomic mass is 10.1. The topological polar surface area (TPSA) is 15.3 Å². The van der Waals surface area contributed by atoms with E-state index < -0.39 is 17.5 Å². The second-order valence-electron chi connectivity index (χ2n) is 5.39. The van der Waals surface area contributed by atoms with Gasteiger partial charge >= 0.3 is 0 Å². The zero-order chi connectivity index (χ0) is 14.0. The van der Waals surface area contributed by atoms with Gasteiger partial charge in [-0.25, -0.2) is 13.2 Å². The summed E-state index contributed by atoms with van der Waals surface area (Å²) < 4.78 is 39.3. The van der Waals surface area contributed by atoms with Gasteiger partial charge < -0.3 is 10.2 Å². The molecule has 0 aliphatic carbocycles. The Hall–Kier alpha value is -1.23. The third kappa shape index (κ3) is 3.41. The maximum atomic E-state index is 13.2. The van der Waals surface area contributed by atoms with E-state index in [1.165, 1.54) is 0 Å². The first-order chi connectivity index (χ1) is 8.97. The molecule has 1 unspecified atom stereocenters. The molecule has 0 radical (unpaired) electrons. The van der Waals surface area contributed by atoms with Gasteiger partial charge in [0, 0.05) is 37.0 Å². The van der Waals surface area contributed by atoms with Crippen LogP contribution in [-0.4, -0.2) is 25.7 Å². The van der Waals surface area contributed by atoms with Gasteiger partial charge in [0.25, 0.3) is 0 Å². The van der Waals surface area contributed by atoms with E-state index >= 15 is 0 Å². The van der Waals surface area contributed by atoms with Crippen LogP contribution in [0.4, 0.5) is 18.9 Å². The molecular formula is C14H19F3N2. The van der Waals surface area contributed by atoms with Gasteiger partial charge in [-0.05, 0) is 18.9 Å². The molecule has 1 aliphatic rings. The molecule has 5 heteroatoms. The molecule has 0 aromatic heterocycles. The highest BCUT2D eigenvalue weighted by Crippen LogP contribution is 2.26. The molecule has 0 amide bonds. The third-order valence-electron chi connectivity index (χ3n) is 3.43. The summed E-state index contributed by atoms with van der Waals surface area (Å²) in [6.07, 6.45) is 0.973. The van der Waals surface area contributed by atoms with Crippen molar-refractivity contribution in [2.75, 3.05) is 24.5 Å².